The largest absolute Gasteiger partial charge is 0.297 e. The highest BCUT2D eigenvalue weighted by Gasteiger charge is 2.23. The summed E-state index contributed by atoms with van der Waals surface area (Å²) < 4.78 is 2.29. The van der Waals surface area contributed by atoms with Gasteiger partial charge >= 0.3 is 0 Å². The molecule has 0 amide bonds. The van der Waals surface area contributed by atoms with Crippen molar-refractivity contribution in [2.45, 2.75) is 32.4 Å². The van der Waals surface area contributed by atoms with Gasteiger partial charge < -0.3 is 0 Å². The van der Waals surface area contributed by atoms with E-state index in [-0.39, 0.29) is 0 Å². The molecule has 0 bridgehead atoms. The number of rotatable bonds is 2. The Morgan fingerprint density at radius 3 is 3.00 bits per heavy atom. The maximum Gasteiger partial charge on any atom is 0.161 e. The van der Waals surface area contributed by atoms with E-state index >= 15 is 0 Å². The first-order chi connectivity index (χ1) is 10.3. The van der Waals surface area contributed by atoms with Crippen molar-refractivity contribution < 1.29 is 0 Å². The first-order valence-electron chi connectivity index (χ1n) is 7.46. The highest BCUT2D eigenvalue weighted by atomic mass is 32.1. The van der Waals surface area contributed by atoms with E-state index in [2.05, 4.69) is 33.9 Å². The van der Waals surface area contributed by atoms with E-state index in [9.17, 15) is 0 Å². The Labute approximate surface area is 127 Å². The molecule has 1 aliphatic rings. The van der Waals surface area contributed by atoms with Crippen LogP contribution in [0, 0.1) is 6.92 Å². The Kier molecular flexibility index (Phi) is 3.24. The predicted octanol–water partition coefficient (Wildman–Crippen LogP) is 3.74. The second kappa shape index (κ2) is 5.24. The van der Waals surface area contributed by atoms with Crippen LogP contribution in [-0.2, 0) is 0 Å². The summed E-state index contributed by atoms with van der Waals surface area (Å²) in [5, 5.41) is 3.62. The minimum Gasteiger partial charge on any atom is -0.297 e. The molecule has 1 saturated heterocycles. The van der Waals surface area contributed by atoms with Crippen molar-refractivity contribution in [2.24, 2.45) is 0 Å². The lowest BCUT2D eigenvalue weighted by Crippen LogP contribution is -2.31. The summed E-state index contributed by atoms with van der Waals surface area (Å²) in [4.78, 5) is 12.0. The molecule has 1 unspecified atom stereocenters. The molecule has 1 aliphatic heterocycles. The summed E-state index contributed by atoms with van der Waals surface area (Å²) in [6.07, 6.45) is 5.81. The molecule has 3 aromatic rings. The van der Waals surface area contributed by atoms with Crippen molar-refractivity contribution >= 4 is 22.5 Å². The molecule has 4 nitrogen and oxygen atoms in total. The van der Waals surface area contributed by atoms with Crippen LogP contribution >= 0.6 is 11.3 Å². The normalized spacial score (nSPS) is 19.2. The highest BCUT2D eigenvalue weighted by Crippen LogP contribution is 2.33. The van der Waals surface area contributed by atoms with Gasteiger partial charge in [-0.05, 0) is 57.0 Å². The number of hydrogen-bond donors (Lipinski definition) is 1. The topological polar surface area (TPSA) is 42.7 Å². The van der Waals surface area contributed by atoms with Gasteiger partial charge in [-0.15, -0.1) is 11.3 Å². The van der Waals surface area contributed by atoms with Crippen LogP contribution in [0.15, 0.2) is 30.5 Å². The number of nitrogens with zero attached hydrogens (tertiary/aromatic N) is 3. The van der Waals surface area contributed by atoms with Crippen LogP contribution in [0.5, 0.6) is 0 Å². The lowest BCUT2D eigenvalue weighted by Gasteiger charge is -2.26. The molecule has 0 aliphatic carbocycles. The minimum absolute atomic E-state index is 0.302. The number of pyridine rings is 1. The van der Waals surface area contributed by atoms with E-state index in [0.29, 0.717) is 6.17 Å². The third-order valence-corrected chi connectivity index (χ3v) is 5.00. The molecule has 0 spiro atoms. The fourth-order valence-electron chi connectivity index (χ4n) is 3.01. The van der Waals surface area contributed by atoms with Crippen molar-refractivity contribution in [1.82, 2.24) is 19.9 Å². The fourth-order valence-corrected chi connectivity index (χ4v) is 3.86. The number of imidazole rings is 1. The fraction of sp³-hybridized carbons (Fsp3) is 0.375. The van der Waals surface area contributed by atoms with Crippen LogP contribution < -0.4 is 5.32 Å². The average Bonchev–Trinajstić information content (AvgIpc) is 3.11. The molecule has 0 saturated carbocycles. The van der Waals surface area contributed by atoms with Gasteiger partial charge in [-0.25, -0.2) is 9.97 Å². The molecule has 3 aromatic heterocycles. The number of nitrogens with one attached hydrogen (secondary N) is 1. The van der Waals surface area contributed by atoms with E-state index in [4.69, 9.17) is 4.98 Å². The minimum atomic E-state index is 0.302. The molecular formula is C16H18N4S. The van der Waals surface area contributed by atoms with Crippen molar-refractivity contribution in [2.75, 3.05) is 6.54 Å². The van der Waals surface area contributed by atoms with E-state index < -0.39 is 0 Å². The highest BCUT2D eigenvalue weighted by molar-refractivity contribution is 7.15. The SMILES string of the molecule is Cc1ccc(-c2nc3cccnc3n2C2CCCCN2)s1. The number of thiophene rings is 1. The number of aryl methyl sites for hydroxylation is 1. The Morgan fingerprint density at radius 1 is 1.29 bits per heavy atom. The summed E-state index contributed by atoms with van der Waals surface area (Å²) in [6.45, 7) is 3.21. The Balaban J connectivity index is 1.92. The smallest absolute Gasteiger partial charge is 0.161 e. The first-order valence-corrected chi connectivity index (χ1v) is 8.28. The van der Waals surface area contributed by atoms with Gasteiger partial charge in [-0.2, -0.15) is 0 Å². The Bertz CT molecular complexity index is 768. The lowest BCUT2D eigenvalue weighted by atomic mass is 10.1. The predicted molar refractivity (Wildman–Crippen MR) is 86.5 cm³/mol. The summed E-state index contributed by atoms with van der Waals surface area (Å²) in [5.74, 6) is 1.04. The Morgan fingerprint density at radius 2 is 2.24 bits per heavy atom. The van der Waals surface area contributed by atoms with Gasteiger partial charge in [0.2, 0.25) is 0 Å². The molecule has 4 heterocycles. The third-order valence-electron chi connectivity index (χ3n) is 4.01. The summed E-state index contributed by atoms with van der Waals surface area (Å²) in [6, 6.07) is 8.33. The standard InChI is InChI=1S/C16H18N4S/c1-11-7-8-13(21-11)16-19-12-5-4-10-18-15(12)20(16)14-6-2-3-9-17-14/h4-5,7-8,10,14,17H,2-3,6,9H2,1H3. The monoisotopic (exact) mass is 298 g/mol. The number of piperidine rings is 1. The average molecular weight is 298 g/mol. The van der Waals surface area contributed by atoms with E-state index in [1.165, 1.54) is 22.6 Å². The molecule has 21 heavy (non-hydrogen) atoms. The zero-order valence-corrected chi connectivity index (χ0v) is 12.9. The molecule has 1 atom stereocenters. The van der Waals surface area contributed by atoms with Crippen LogP contribution in [0.25, 0.3) is 21.9 Å². The number of hydrogen-bond acceptors (Lipinski definition) is 4. The van der Waals surface area contributed by atoms with Gasteiger partial charge in [0.15, 0.2) is 11.5 Å². The molecule has 1 N–H and O–H groups in total. The maximum absolute atomic E-state index is 4.84. The van der Waals surface area contributed by atoms with Gasteiger partial charge in [0.1, 0.15) is 5.52 Å². The first kappa shape index (κ1) is 13.0. The zero-order chi connectivity index (χ0) is 14.2. The van der Waals surface area contributed by atoms with Crippen LogP contribution in [-0.4, -0.2) is 21.1 Å². The van der Waals surface area contributed by atoms with Crippen molar-refractivity contribution in [1.29, 1.82) is 0 Å². The van der Waals surface area contributed by atoms with Crippen LogP contribution in [0.1, 0.15) is 30.3 Å². The van der Waals surface area contributed by atoms with Gasteiger partial charge in [0, 0.05) is 11.1 Å². The quantitative estimate of drug-likeness (QED) is 0.783. The molecule has 5 heteroatoms. The molecule has 4 rings (SSSR count). The van der Waals surface area contributed by atoms with Gasteiger partial charge in [-0.3, -0.25) is 9.88 Å². The maximum atomic E-state index is 4.84. The molecule has 1 fully saturated rings. The molecule has 108 valence electrons. The second-order valence-electron chi connectivity index (χ2n) is 5.53. The summed E-state index contributed by atoms with van der Waals surface area (Å²) in [5.41, 5.74) is 1.96. The lowest BCUT2D eigenvalue weighted by molar-refractivity contribution is 0.328. The Hall–Kier alpha value is -1.72. The molecule has 0 radical (unpaired) electrons. The van der Waals surface area contributed by atoms with Crippen LogP contribution in [0.2, 0.25) is 0 Å². The third kappa shape index (κ3) is 2.26. The zero-order valence-electron chi connectivity index (χ0n) is 12.0. The van der Waals surface area contributed by atoms with Gasteiger partial charge in [-0.1, -0.05) is 0 Å². The van der Waals surface area contributed by atoms with E-state index in [0.717, 1.165) is 30.0 Å². The van der Waals surface area contributed by atoms with Crippen molar-refractivity contribution in [3.63, 3.8) is 0 Å². The van der Waals surface area contributed by atoms with E-state index in [1.807, 2.05) is 18.3 Å². The molecular weight excluding hydrogens is 280 g/mol. The molecule has 0 aromatic carbocycles. The summed E-state index contributed by atoms with van der Waals surface area (Å²) >= 11 is 1.80. The van der Waals surface area contributed by atoms with Gasteiger partial charge in [0.05, 0.1) is 11.0 Å². The van der Waals surface area contributed by atoms with E-state index in [1.54, 1.807) is 11.3 Å². The van der Waals surface area contributed by atoms with Crippen molar-refractivity contribution in [3.8, 4) is 10.7 Å². The second-order valence-corrected chi connectivity index (χ2v) is 6.82. The van der Waals surface area contributed by atoms with Crippen molar-refractivity contribution in [3.05, 3.63) is 35.3 Å². The summed E-state index contributed by atoms with van der Waals surface area (Å²) in [7, 11) is 0. The number of fused-ring (bicyclic) bond motifs is 1. The van der Waals surface area contributed by atoms with Crippen LogP contribution in [0.3, 0.4) is 0 Å². The van der Waals surface area contributed by atoms with Gasteiger partial charge in [0.25, 0.3) is 0 Å². The number of aromatic nitrogens is 3. The van der Waals surface area contributed by atoms with Crippen LogP contribution in [0.4, 0.5) is 0 Å².